The smallest absolute Gasteiger partial charge is 0.192 e. The molecule has 1 unspecified atom stereocenters. The number of hydrogen-bond donors (Lipinski definition) is 1. The molecule has 1 fully saturated rings. The van der Waals surface area contributed by atoms with Crippen LogP contribution in [0.2, 0.25) is 18.1 Å². The van der Waals surface area contributed by atoms with Gasteiger partial charge in [0.15, 0.2) is 8.32 Å². The number of aliphatic hydroxyl groups is 1. The minimum absolute atomic E-state index is 0.0868. The highest BCUT2D eigenvalue weighted by Gasteiger charge is 2.46. The average Bonchev–Trinajstić information content (AvgIpc) is 2.90. The van der Waals surface area contributed by atoms with Crippen LogP contribution in [0, 0.1) is 0 Å². The first-order valence-electron chi connectivity index (χ1n) is 13.6. The first-order valence-corrected chi connectivity index (χ1v) is 16.5. The summed E-state index contributed by atoms with van der Waals surface area (Å²) >= 11 is 0. The van der Waals surface area contributed by atoms with E-state index in [0.717, 1.165) is 19.5 Å². The van der Waals surface area contributed by atoms with E-state index in [2.05, 4.69) is 136 Å². The van der Waals surface area contributed by atoms with Crippen molar-refractivity contribution in [2.24, 2.45) is 0 Å². The van der Waals surface area contributed by atoms with Gasteiger partial charge in [0.1, 0.15) is 0 Å². The first-order chi connectivity index (χ1) is 17.7. The Labute approximate surface area is 224 Å². The number of benzene rings is 3. The molecule has 4 rings (SSSR count). The molecule has 0 aromatic heterocycles. The fraction of sp³-hybridized carbons (Fsp3) is 0.394. The van der Waals surface area contributed by atoms with Gasteiger partial charge in [-0.15, -0.1) is 0 Å². The number of piperidine rings is 1. The lowest BCUT2D eigenvalue weighted by Gasteiger charge is -2.50. The third-order valence-electron chi connectivity index (χ3n) is 8.28. The molecule has 37 heavy (non-hydrogen) atoms. The lowest BCUT2D eigenvalue weighted by Crippen LogP contribution is -2.55. The molecule has 1 aliphatic rings. The van der Waals surface area contributed by atoms with E-state index in [9.17, 15) is 5.11 Å². The highest BCUT2D eigenvalue weighted by Crippen LogP contribution is 2.45. The van der Waals surface area contributed by atoms with Crippen molar-refractivity contribution in [2.45, 2.75) is 63.4 Å². The van der Waals surface area contributed by atoms with Crippen molar-refractivity contribution in [3.63, 3.8) is 0 Å². The molecule has 0 bridgehead atoms. The lowest BCUT2D eigenvalue weighted by atomic mass is 9.74. The predicted octanol–water partition coefficient (Wildman–Crippen LogP) is 7.38. The molecule has 4 heteroatoms. The van der Waals surface area contributed by atoms with E-state index in [1.165, 1.54) is 22.3 Å². The third-order valence-corrected chi connectivity index (χ3v) is 12.8. The quantitative estimate of drug-likeness (QED) is 0.194. The maximum absolute atomic E-state index is 9.71. The minimum atomic E-state index is -1.95. The number of likely N-dealkylation sites (tertiary alicyclic amines) is 1. The molecule has 0 saturated carbocycles. The van der Waals surface area contributed by atoms with Gasteiger partial charge in [-0.05, 0) is 53.2 Å². The van der Waals surface area contributed by atoms with Crippen molar-refractivity contribution >= 4 is 8.32 Å². The summed E-state index contributed by atoms with van der Waals surface area (Å²) in [5.74, 6) is 0. The Bertz CT molecular complexity index is 1060. The van der Waals surface area contributed by atoms with Gasteiger partial charge in [0.2, 0.25) is 0 Å². The van der Waals surface area contributed by atoms with Gasteiger partial charge in [0, 0.05) is 19.7 Å². The maximum atomic E-state index is 9.71. The molecule has 0 aliphatic carbocycles. The molecule has 196 valence electrons. The van der Waals surface area contributed by atoms with Crippen LogP contribution < -0.4 is 0 Å². The van der Waals surface area contributed by atoms with Crippen LogP contribution in [0.4, 0.5) is 0 Å². The fourth-order valence-corrected chi connectivity index (χ4v) is 6.68. The zero-order chi connectivity index (χ0) is 26.5. The number of rotatable bonds is 8. The fourth-order valence-electron chi connectivity index (χ4n) is 5.34. The second kappa shape index (κ2) is 11.5. The molecule has 3 nitrogen and oxygen atoms in total. The summed E-state index contributed by atoms with van der Waals surface area (Å²) in [6.07, 6.45) is 3.90. The molecule has 1 N–H and O–H groups in total. The van der Waals surface area contributed by atoms with E-state index in [0.29, 0.717) is 6.42 Å². The van der Waals surface area contributed by atoms with E-state index >= 15 is 0 Å². The molecule has 1 atom stereocenters. The molecule has 0 spiro atoms. The van der Waals surface area contributed by atoms with Crippen molar-refractivity contribution < 1.29 is 9.53 Å². The summed E-state index contributed by atoms with van der Waals surface area (Å²) in [6, 6.07) is 32.7. The maximum Gasteiger partial charge on any atom is 0.192 e. The van der Waals surface area contributed by atoms with Gasteiger partial charge in [-0.2, -0.15) is 0 Å². The second-order valence-electron chi connectivity index (χ2n) is 11.7. The number of aliphatic hydroxyl groups excluding tert-OH is 1. The second-order valence-corrected chi connectivity index (χ2v) is 16.4. The van der Waals surface area contributed by atoms with Gasteiger partial charge in [-0.1, -0.05) is 118 Å². The van der Waals surface area contributed by atoms with Gasteiger partial charge in [0.05, 0.1) is 11.6 Å². The monoisotopic (exact) mass is 513 g/mol. The first kappa shape index (κ1) is 27.5. The Morgan fingerprint density at radius 1 is 0.838 bits per heavy atom. The van der Waals surface area contributed by atoms with E-state index < -0.39 is 13.9 Å². The lowest BCUT2D eigenvalue weighted by molar-refractivity contribution is 0.0900. The Morgan fingerprint density at radius 3 is 1.70 bits per heavy atom. The zero-order valence-electron chi connectivity index (χ0n) is 23.2. The molecular formula is C33H43NO2Si. The predicted molar refractivity (Wildman–Crippen MR) is 157 cm³/mol. The highest BCUT2D eigenvalue weighted by molar-refractivity contribution is 6.74. The Hall–Kier alpha value is -2.50. The van der Waals surface area contributed by atoms with E-state index in [4.69, 9.17) is 4.43 Å². The molecule has 1 saturated heterocycles. The largest absolute Gasteiger partial charge is 0.410 e. The van der Waals surface area contributed by atoms with Crippen molar-refractivity contribution in [2.75, 3.05) is 19.7 Å². The highest BCUT2D eigenvalue weighted by atomic mass is 28.4. The van der Waals surface area contributed by atoms with Gasteiger partial charge in [-0.3, -0.25) is 4.90 Å². The van der Waals surface area contributed by atoms with Crippen LogP contribution in [0.5, 0.6) is 0 Å². The third kappa shape index (κ3) is 5.68. The van der Waals surface area contributed by atoms with Crippen LogP contribution in [-0.2, 0) is 9.96 Å². The van der Waals surface area contributed by atoms with Crippen LogP contribution in [0.25, 0.3) is 0 Å². The molecule has 0 amide bonds. The van der Waals surface area contributed by atoms with E-state index in [1.54, 1.807) is 0 Å². The number of hydrogen-bond acceptors (Lipinski definition) is 3. The van der Waals surface area contributed by atoms with Gasteiger partial charge < -0.3 is 9.53 Å². The summed E-state index contributed by atoms with van der Waals surface area (Å²) in [7, 11) is -1.95. The van der Waals surface area contributed by atoms with Crippen LogP contribution in [0.1, 0.15) is 50.3 Å². The molecule has 3 aromatic carbocycles. The van der Waals surface area contributed by atoms with Gasteiger partial charge >= 0.3 is 0 Å². The summed E-state index contributed by atoms with van der Waals surface area (Å²) in [5.41, 5.74) is 4.63. The van der Waals surface area contributed by atoms with Crippen LogP contribution in [-0.4, -0.2) is 44.1 Å². The summed E-state index contributed by atoms with van der Waals surface area (Å²) in [5, 5.41) is 9.86. The van der Waals surface area contributed by atoms with Gasteiger partial charge in [0.25, 0.3) is 0 Å². The topological polar surface area (TPSA) is 32.7 Å². The molecule has 0 radical (unpaired) electrons. The molecule has 1 aliphatic heterocycles. The van der Waals surface area contributed by atoms with Crippen molar-refractivity contribution in [1.29, 1.82) is 0 Å². The Morgan fingerprint density at radius 2 is 1.30 bits per heavy atom. The summed E-state index contributed by atoms with van der Waals surface area (Å²) in [6.45, 7) is 13.4. The zero-order valence-corrected chi connectivity index (χ0v) is 24.2. The van der Waals surface area contributed by atoms with Gasteiger partial charge in [-0.25, -0.2) is 0 Å². The minimum Gasteiger partial charge on any atom is -0.410 e. The SMILES string of the molecule is CC(C)(C)[Si](C)(C)OC1CCN(C(c2ccccc2)(c2ccccc2)c2ccccc2)C/C1=C\CCO. The van der Waals surface area contributed by atoms with Crippen LogP contribution >= 0.6 is 0 Å². The van der Waals surface area contributed by atoms with E-state index in [1.807, 2.05) is 0 Å². The van der Waals surface area contributed by atoms with Crippen LogP contribution in [0.15, 0.2) is 103 Å². The Kier molecular flexibility index (Phi) is 8.55. The van der Waals surface area contributed by atoms with E-state index in [-0.39, 0.29) is 17.7 Å². The standard InChI is InChI=1S/C33H43NO2Si/c1-32(2,3)37(4,5)36-31-23-24-34(26-27(31)16-15-25-35)33(28-17-9-6-10-18-28,29-19-11-7-12-20-29)30-21-13-8-14-22-30/h6-14,16-22,31,35H,15,23-26H2,1-5H3/b27-16+. The van der Waals surface area contributed by atoms with Crippen LogP contribution in [0.3, 0.4) is 0 Å². The normalized spacial score (nSPS) is 18.8. The van der Waals surface area contributed by atoms with Crippen molar-refractivity contribution in [3.8, 4) is 0 Å². The summed E-state index contributed by atoms with van der Waals surface area (Å²) in [4.78, 5) is 2.63. The summed E-state index contributed by atoms with van der Waals surface area (Å²) < 4.78 is 6.99. The Balaban J connectivity index is 1.84. The van der Waals surface area contributed by atoms with Crippen molar-refractivity contribution in [3.05, 3.63) is 119 Å². The molecular weight excluding hydrogens is 470 g/mol. The molecule has 3 aromatic rings. The van der Waals surface area contributed by atoms with Crippen molar-refractivity contribution in [1.82, 2.24) is 4.90 Å². The number of nitrogens with zero attached hydrogens (tertiary/aromatic N) is 1. The molecule has 1 heterocycles. The average molecular weight is 514 g/mol.